The van der Waals surface area contributed by atoms with Crippen LogP contribution in [0.4, 0.5) is 8.78 Å². The highest BCUT2D eigenvalue weighted by atomic mass is 19.3. The van der Waals surface area contributed by atoms with Gasteiger partial charge in [0.05, 0.1) is 0 Å². The molecule has 0 aliphatic rings. The first-order valence-corrected chi connectivity index (χ1v) is 5.97. The van der Waals surface area contributed by atoms with E-state index in [2.05, 4.69) is 15.4 Å². The van der Waals surface area contributed by atoms with Crippen molar-refractivity contribution in [1.29, 1.82) is 0 Å². The fourth-order valence-corrected chi connectivity index (χ4v) is 1.57. The van der Waals surface area contributed by atoms with Crippen LogP contribution < -0.4 is 15.4 Å². The molecule has 0 fully saturated rings. The zero-order valence-corrected chi connectivity index (χ0v) is 11.2. The summed E-state index contributed by atoms with van der Waals surface area (Å²) in [4.78, 5) is 22.5. The molecule has 0 aliphatic carbocycles. The molecule has 20 heavy (non-hydrogen) atoms. The largest absolute Gasteiger partial charge is 0.434 e. The molecule has 1 aromatic rings. The van der Waals surface area contributed by atoms with Crippen LogP contribution in [0.1, 0.15) is 19.4 Å². The summed E-state index contributed by atoms with van der Waals surface area (Å²) in [5.74, 6) is -0.726. The minimum absolute atomic E-state index is 0.00924. The molecule has 2 N–H and O–H groups in total. The van der Waals surface area contributed by atoms with Gasteiger partial charge >= 0.3 is 6.61 Å². The third-order valence-electron chi connectivity index (χ3n) is 2.45. The van der Waals surface area contributed by atoms with Gasteiger partial charge in [-0.2, -0.15) is 8.78 Å². The number of para-hydroxylation sites is 1. The highest BCUT2D eigenvalue weighted by Gasteiger charge is 2.14. The summed E-state index contributed by atoms with van der Waals surface area (Å²) >= 11 is 0. The Balaban J connectivity index is 2.61. The number of carbonyl (C=O) groups excluding carboxylic acids is 2. The molecule has 0 heterocycles. The quantitative estimate of drug-likeness (QED) is 0.831. The lowest BCUT2D eigenvalue weighted by atomic mass is 10.2. The molecule has 5 nitrogen and oxygen atoms in total. The summed E-state index contributed by atoms with van der Waals surface area (Å²) in [6.45, 7) is -0.0652. The second-order valence-electron chi connectivity index (χ2n) is 4.13. The summed E-state index contributed by atoms with van der Waals surface area (Å²) in [5.41, 5.74) is 0.427. The van der Waals surface area contributed by atoms with Crippen molar-refractivity contribution in [1.82, 2.24) is 10.6 Å². The van der Waals surface area contributed by atoms with Gasteiger partial charge in [-0.3, -0.25) is 9.59 Å². The Kier molecular flexibility index (Phi) is 5.89. The molecule has 0 aliphatic heterocycles. The van der Waals surface area contributed by atoms with E-state index in [1.54, 1.807) is 18.2 Å². The zero-order valence-electron chi connectivity index (χ0n) is 11.2. The number of halogens is 2. The van der Waals surface area contributed by atoms with Crippen molar-refractivity contribution in [3.63, 3.8) is 0 Å². The first kappa shape index (κ1) is 15.9. The molecular weight excluding hydrogens is 270 g/mol. The van der Waals surface area contributed by atoms with Gasteiger partial charge in [0.15, 0.2) is 0 Å². The van der Waals surface area contributed by atoms with E-state index >= 15 is 0 Å². The molecule has 1 unspecified atom stereocenters. The number of nitrogens with one attached hydrogen (secondary N) is 2. The van der Waals surface area contributed by atoms with E-state index in [0.29, 0.717) is 5.56 Å². The van der Waals surface area contributed by atoms with Gasteiger partial charge in [-0.05, 0) is 13.0 Å². The lowest BCUT2D eigenvalue weighted by Crippen LogP contribution is -2.43. The van der Waals surface area contributed by atoms with Crippen LogP contribution in [-0.2, 0) is 16.1 Å². The summed E-state index contributed by atoms with van der Waals surface area (Å²) in [6.07, 6.45) is 0. The monoisotopic (exact) mass is 286 g/mol. The predicted octanol–water partition coefficient (Wildman–Crippen LogP) is 1.43. The fourth-order valence-electron chi connectivity index (χ4n) is 1.57. The van der Waals surface area contributed by atoms with Crippen molar-refractivity contribution in [2.45, 2.75) is 33.0 Å². The molecule has 110 valence electrons. The van der Waals surface area contributed by atoms with Crippen LogP contribution in [0.3, 0.4) is 0 Å². The van der Waals surface area contributed by atoms with Crippen molar-refractivity contribution in [2.24, 2.45) is 0 Å². The number of carbonyl (C=O) groups is 2. The molecule has 0 aromatic heterocycles. The fraction of sp³-hybridized carbons (Fsp3) is 0.385. The van der Waals surface area contributed by atoms with Crippen molar-refractivity contribution in [3.8, 4) is 5.75 Å². The van der Waals surface area contributed by atoms with Crippen molar-refractivity contribution in [2.75, 3.05) is 0 Å². The van der Waals surface area contributed by atoms with Gasteiger partial charge < -0.3 is 15.4 Å². The maximum absolute atomic E-state index is 12.2. The number of rotatable bonds is 6. The topological polar surface area (TPSA) is 67.4 Å². The van der Waals surface area contributed by atoms with Gasteiger partial charge in [-0.25, -0.2) is 0 Å². The van der Waals surface area contributed by atoms with Gasteiger partial charge in [0, 0.05) is 19.0 Å². The van der Waals surface area contributed by atoms with Crippen molar-refractivity contribution < 1.29 is 23.1 Å². The number of benzene rings is 1. The number of hydrogen-bond donors (Lipinski definition) is 2. The standard InChI is InChI=1S/C13H16F2N2O3/c1-8(17-9(2)18)12(19)16-7-10-5-3-4-6-11(10)20-13(14)15/h3-6,8,13H,7H2,1-2H3,(H,16,19)(H,17,18). The Bertz CT molecular complexity index is 480. The van der Waals surface area contributed by atoms with Gasteiger partial charge in [0.1, 0.15) is 11.8 Å². The third kappa shape index (κ3) is 5.21. The molecule has 1 aromatic carbocycles. The van der Waals surface area contributed by atoms with Crippen LogP contribution in [0.25, 0.3) is 0 Å². The van der Waals surface area contributed by atoms with Crippen LogP contribution in [0.15, 0.2) is 24.3 Å². The number of alkyl halides is 2. The minimum atomic E-state index is -2.93. The number of amides is 2. The number of ether oxygens (including phenoxy) is 1. The summed E-state index contributed by atoms with van der Waals surface area (Å²) in [6, 6.07) is 5.47. The van der Waals surface area contributed by atoms with E-state index in [0.717, 1.165) is 0 Å². The van der Waals surface area contributed by atoms with Crippen LogP contribution in [0, 0.1) is 0 Å². The van der Waals surface area contributed by atoms with Gasteiger partial charge in [0.25, 0.3) is 0 Å². The average molecular weight is 286 g/mol. The second kappa shape index (κ2) is 7.42. The zero-order chi connectivity index (χ0) is 15.1. The summed E-state index contributed by atoms with van der Waals surface area (Å²) in [7, 11) is 0. The maximum atomic E-state index is 12.2. The third-order valence-corrected chi connectivity index (χ3v) is 2.45. The molecule has 0 saturated carbocycles. The summed E-state index contributed by atoms with van der Waals surface area (Å²) in [5, 5.41) is 4.96. The highest BCUT2D eigenvalue weighted by molar-refractivity contribution is 5.86. The van der Waals surface area contributed by atoms with Crippen LogP contribution in [-0.4, -0.2) is 24.5 Å². The maximum Gasteiger partial charge on any atom is 0.387 e. The van der Waals surface area contributed by atoms with Crippen molar-refractivity contribution >= 4 is 11.8 Å². The smallest absolute Gasteiger partial charge is 0.387 e. The predicted molar refractivity (Wildman–Crippen MR) is 68.2 cm³/mol. The molecule has 0 spiro atoms. The van der Waals surface area contributed by atoms with Crippen LogP contribution >= 0.6 is 0 Å². The Morgan fingerprint density at radius 1 is 1.30 bits per heavy atom. The highest BCUT2D eigenvalue weighted by Crippen LogP contribution is 2.19. The lowest BCUT2D eigenvalue weighted by Gasteiger charge is -2.14. The van der Waals surface area contributed by atoms with Gasteiger partial charge in [-0.15, -0.1) is 0 Å². The molecule has 0 radical (unpaired) electrons. The Hall–Kier alpha value is -2.18. The molecule has 2 amide bonds. The Labute approximate surface area is 115 Å². The first-order chi connectivity index (χ1) is 9.40. The van der Waals surface area contributed by atoms with Crippen molar-refractivity contribution in [3.05, 3.63) is 29.8 Å². The Morgan fingerprint density at radius 2 is 1.95 bits per heavy atom. The van der Waals surface area contributed by atoms with E-state index in [1.165, 1.54) is 19.9 Å². The molecule has 1 rings (SSSR count). The van der Waals surface area contributed by atoms with Crippen LogP contribution in [0.5, 0.6) is 5.75 Å². The van der Waals surface area contributed by atoms with E-state index < -0.39 is 18.6 Å². The average Bonchev–Trinajstić information content (AvgIpc) is 2.35. The minimum Gasteiger partial charge on any atom is -0.434 e. The molecule has 0 bridgehead atoms. The van der Waals surface area contributed by atoms with Gasteiger partial charge in [0.2, 0.25) is 11.8 Å². The van der Waals surface area contributed by atoms with Gasteiger partial charge in [-0.1, -0.05) is 18.2 Å². The molecule has 1 atom stereocenters. The molecule has 0 saturated heterocycles. The molecular formula is C13H16F2N2O3. The second-order valence-corrected chi connectivity index (χ2v) is 4.13. The summed E-state index contributed by atoms with van der Waals surface area (Å²) < 4.78 is 28.8. The van der Waals surface area contributed by atoms with E-state index in [-0.39, 0.29) is 18.2 Å². The van der Waals surface area contributed by atoms with E-state index in [9.17, 15) is 18.4 Å². The SMILES string of the molecule is CC(=O)NC(C)C(=O)NCc1ccccc1OC(F)F. The van der Waals surface area contributed by atoms with Crippen LogP contribution in [0.2, 0.25) is 0 Å². The Morgan fingerprint density at radius 3 is 2.55 bits per heavy atom. The lowest BCUT2D eigenvalue weighted by molar-refractivity contribution is -0.127. The molecule has 7 heteroatoms. The number of hydrogen-bond acceptors (Lipinski definition) is 3. The van der Waals surface area contributed by atoms with E-state index in [4.69, 9.17) is 0 Å². The van der Waals surface area contributed by atoms with E-state index in [1.807, 2.05) is 0 Å². The normalized spacial score (nSPS) is 11.8. The first-order valence-electron chi connectivity index (χ1n) is 5.97.